The van der Waals surface area contributed by atoms with Gasteiger partial charge in [0, 0.05) is 6.42 Å². The minimum Gasteiger partial charge on any atom is -0.466 e. The van der Waals surface area contributed by atoms with Crippen molar-refractivity contribution in [2.75, 3.05) is 6.61 Å². The average Bonchev–Trinajstić information content (AvgIpc) is 2.82. The minimum absolute atomic E-state index is 0.0236. The molecule has 0 aromatic rings. The summed E-state index contributed by atoms with van der Waals surface area (Å²) < 4.78 is 5.41. The molecule has 0 heterocycles. The second kappa shape index (κ2) is 27.7. The van der Waals surface area contributed by atoms with Crippen molar-refractivity contribution in [3.05, 3.63) is 0 Å². The van der Waals surface area contributed by atoms with Gasteiger partial charge in [0.2, 0.25) is 0 Å². The quantitative estimate of drug-likeness (QED) is 0.0888. The van der Waals surface area contributed by atoms with Gasteiger partial charge in [-0.15, -0.1) is 0 Å². The van der Waals surface area contributed by atoms with E-state index in [2.05, 4.69) is 20.8 Å². The Hall–Kier alpha value is -0.530. The van der Waals surface area contributed by atoms with E-state index in [9.17, 15) is 4.79 Å². The standard InChI is InChI=1S/C31H62O2/c1-4-6-7-8-9-10-11-12-13-16-19-22-25-28-31(32)33-29-26-23-20-17-14-15-18-21-24-27-30(3)5-2/h30H,4-29H2,1-3H3. The molecule has 0 aliphatic rings. The SMILES string of the molecule is CCCCCCCCCCCCCCCC(=O)OCCCCCCCCCCCC(C)CC. The number of rotatable bonds is 27. The average molecular weight is 467 g/mol. The van der Waals surface area contributed by atoms with Gasteiger partial charge in [0.05, 0.1) is 6.61 Å². The van der Waals surface area contributed by atoms with Crippen LogP contribution < -0.4 is 0 Å². The van der Waals surface area contributed by atoms with E-state index >= 15 is 0 Å². The van der Waals surface area contributed by atoms with E-state index in [1.54, 1.807) is 0 Å². The van der Waals surface area contributed by atoms with Crippen molar-refractivity contribution < 1.29 is 9.53 Å². The van der Waals surface area contributed by atoms with Gasteiger partial charge in [0.1, 0.15) is 0 Å². The molecule has 0 amide bonds. The Morgan fingerprint density at radius 3 is 1.39 bits per heavy atom. The molecule has 0 aliphatic heterocycles. The van der Waals surface area contributed by atoms with Crippen molar-refractivity contribution >= 4 is 5.97 Å². The van der Waals surface area contributed by atoms with Crippen LogP contribution in [0.3, 0.4) is 0 Å². The highest BCUT2D eigenvalue weighted by atomic mass is 16.5. The van der Waals surface area contributed by atoms with Crippen LogP contribution >= 0.6 is 0 Å². The lowest BCUT2D eigenvalue weighted by Gasteiger charge is -2.07. The summed E-state index contributed by atoms with van der Waals surface area (Å²) in [7, 11) is 0. The molecule has 0 rings (SSSR count). The molecular weight excluding hydrogens is 404 g/mol. The van der Waals surface area contributed by atoms with Gasteiger partial charge in [-0.1, -0.05) is 162 Å². The highest BCUT2D eigenvalue weighted by molar-refractivity contribution is 5.69. The number of carbonyl (C=O) groups is 1. The minimum atomic E-state index is 0.0236. The number of hydrogen-bond donors (Lipinski definition) is 0. The third-order valence-electron chi connectivity index (χ3n) is 7.29. The van der Waals surface area contributed by atoms with Gasteiger partial charge < -0.3 is 4.74 Å². The number of unbranched alkanes of at least 4 members (excludes halogenated alkanes) is 20. The summed E-state index contributed by atoms with van der Waals surface area (Å²) in [6.07, 6.45) is 32.7. The molecule has 2 heteroatoms. The van der Waals surface area contributed by atoms with Crippen LogP contribution in [0.2, 0.25) is 0 Å². The Bertz CT molecular complexity index is 379. The van der Waals surface area contributed by atoms with Crippen molar-refractivity contribution in [3.8, 4) is 0 Å². The van der Waals surface area contributed by atoms with Crippen LogP contribution in [0.4, 0.5) is 0 Å². The van der Waals surface area contributed by atoms with E-state index in [1.165, 1.54) is 141 Å². The molecule has 0 saturated carbocycles. The topological polar surface area (TPSA) is 26.3 Å². The Labute approximate surface area is 209 Å². The number of hydrogen-bond acceptors (Lipinski definition) is 2. The normalized spacial score (nSPS) is 12.2. The van der Waals surface area contributed by atoms with Gasteiger partial charge >= 0.3 is 5.97 Å². The first-order chi connectivity index (χ1) is 16.2. The lowest BCUT2D eigenvalue weighted by atomic mass is 9.99. The van der Waals surface area contributed by atoms with Crippen molar-refractivity contribution in [1.29, 1.82) is 0 Å². The second-order valence-electron chi connectivity index (χ2n) is 10.7. The van der Waals surface area contributed by atoms with Crippen LogP contribution in [0, 0.1) is 5.92 Å². The molecule has 0 aliphatic carbocycles. The third-order valence-corrected chi connectivity index (χ3v) is 7.29. The van der Waals surface area contributed by atoms with Gasteiger partial charge in [-0.2, -0.15) is 0 Å². The zero-order valence-corrected chi connectivity index (χ0v) is 23.3. The largest absolute Gasteiger partial charge is 0.466 e. The molecule has 198 valence electrons. The van der Waals surface area contributed by atoms with Crippen molar-refractivity contribution in [1.82, 2.24) is 0 Å². The molecule has 0 aromatic carbocycles. The highest BCUT2D eigenvalue weighted by Gasteiger charge is 2.03. The summed E-state index contributed by atoms with van der Waals surface area (Å²) in [5.41, 5.74) is 0. The summed E-state index contributed by atoms with van der Waals surface area (Å²) in [4.78, 5) is 11.8. The monoisotopic (exact) mass is 466 g/mol. The fourth-order valence-electron chi connectivity index (χ4n) is 4.58. The maximum atomic E-state index is 11.8. The van der Waals surface area contributed by atoms with Crippen molar-refractivity contribution in [3.63, 3.8) is 0 Å². The van der Waals surface area contributed by atoms with Crippen LogP contribution in [-0.4, -0.2) is 12.6 Å². The van der Waals surface area contributed by atoms with Crippen LogP contribution in [0.15, 0.2) is 0 Å². The Kier molecular flexibility index (Phi) is 27.3. The predicted molar refractivity (Wildman–Crippen MR) is 147 cm³/mol. The second-order valence-corrected chi connectivity index (χ2v) is 10.7. The molecule has 2 nitrogen and oxygen atoms in total. The molecule has 0 saturated heterocycles. The van der Waals surface area contributed by atoms with E-state index in [4.69, 9.17) is 4.74 Å². The van der Waals surface area contributed by atoms with Crippen LogP contribution in [-0.2, 0) is 9.53 Å². The summed E-state index contributed by atoms with van der Waals surface area (Å²) in [6.45, 7) is 7.58. The number of carbonyl (C=O) groups excluding carboxylic acids is 1. The van der Waals surface area contributed by atoms with E-state index in [0.717, 1.165) is 18.8 Å². The highest BCUT2D eigenvalue weighted by Crippen LogP contribution is 2.15. The molecule has 0 fully saturated rings. The van der Waals surface area contributed by atoms with E-state index < -0.39 is 0 Å². The molecule has 0 spiro atoms. The maximum Gasteiger partial charge on any atom is 0.305 e. The Balaban J connectivity index is 3.16. The third kappa shape index (κ3) is 27.6. The van der Waals surface area contributed by atoms with E-state index in [1.807, 2.05) is 0 Å². The zero-order valence-electron chi connectivity index (χ0n) is 23.3. The van der Waals surface area contributed by atoms with Gasteiger partial charge in [-0.25, -0.2) is 0 Å². The van der Waals surface area contributed by atoms with Gasteiger partial charge in [-0.05, 0) is 18.8 Å². The zero-order chi connectivity index (χ0) is 24.2. The predicted octanol–water partition coefficient (Wildman–Crippen LogP) is 11.0. The van der Waals surface area contributed by atoms with Crippen molar-refractivity contribution in [2.45, 2.75) is 181 Å². The fraction of sp³-hybridized carbons (Fsp3) is 0.968. The molecule has 0 bridgehead atoms. The molecular formula is C31H62O2. The van der Waals surface area contributed by atoms with Crippen LogP contribution in [0.25, 0.3) is 0 Å². The van der Waals surface area contributed by atoms with E-state index in [-0.39, 0.29) is 5.97 Å². The van der Waals surface area contributed by atoms with Crippen LogP contribution in [0.1, 0.15) is 181 Å². The van der Waals surface area contributed by atoms with Crippen LogP contribution in [0.5, 0.6) is 0 Å². The molecule has 0 radical (unpaired) electrons. The smallest absolute Gasteiger partial charge is 0.305 e. The van der Waals surface area contributed by atoms with Gasteiger partial charge in [-0.3, -0.25) is 4.79 Å². The molecule has 1 unspecified atom stereocenters. The first-order valence-corrected chi connectivity index (χ1v) is 15.4. The molecule has 0 aromatic heterocycles. The lowest BCUT2D eigenvalue weighted by Crippen LogP contribution is -2.05. The summed E-state index contributed by atoms with van der Waals surface area (Å²) in [6, 6.07) is 0. The Morgan fingerprint density at radius 1 is 0.545 bits per heavy atom. The summed E-state index contributed by atoms with van der Waals surface area (Å²) in [5, 5.41) is 0. The lowest BCUT2D eigenvalue weighted by molar-refractivity contribution is -0.143. The first-order valence-electron chi connectivity index (χ1n) is 15.4. The maximum absolute atomic E-state index is 11.8. The van der Waals surface area contributed by atoms with Crippen molar-refractivity contribution in [2.24, 2.45) is 5.92 Å². The van der Waals surface area contributed by atoms with Gasteiger partial charge in [0.25, 0.3) is 0 Å². The number of esters is 1. The number of ether oxygens (including phenoxy) is 1. The Morgan fingerprint density at radius 2 is 0.939 bits per heavy atom. The summed E-state index contributed by atoms with van der Waals surface area (Å²) >= 11 is 0. The van der Waals surface area contributed by atoms with E-state index in [0.29, 0.717) is 13.0 Å². The molecule has 0 N–H and O–H groups in total. The van der Waals surface area contributed by atoms with Gasteiger partial charge in [0.15, 0.2) is 0 Å². The first kappa shape index (κ1) is 32.5. The fourth-order valence-corrected chi connectivity index (χ4v) is 4.58. The summed E-state index contributed by atoms with van der Waals surface area (Å²) in [5.74, 6) is 0.934. The molecule has 1 atom stereocenters. The molecule has 33 heavy (non-hydrogen) atoms.